The van der Waals surface area contributed by atoms with Gasteiger partial charge in [-0.3, -0.25) is 10.5 Å². The number of fused-ring (bicyclic) bond motifs is 1. The zero-order valence-electron chi connectivity index (χ0n) is 12.1. The van der Waals surface area contributed by atoms with Gasteiger partial charge in [0.05, 0.1) is 19.3 Å². The van der Waals surface area contributed by atoms with Crippen LogP contribution in [-0.2, 0) is 7.05 Å². The molecule has 108 valence electrons. The summed E-state index contributed by atoms with van der Waals surface area (Å²) in [5, 5.41) is 6.59. The summed E-state index contributed by atoms with van der Waals surface area (Å²) < 4.78 is 7.19. The third-order valence-electron chi connectivity index (χ3n) is 3.74. The molecule has 0 bridgehead atoms. The van der Waals surface area contributed by atoms with Crippen molar-refractivity contribution < 1.29 is 4.74 Å². The van der Waals surface area contributed by atoms with Gasteiger partial charge in [-0.05, 0) is 16.3 Å². The van der Waals surface area contributed by atoms with E-state index in [9.17, 15) is 0 Å². The van der Waals surface area contributed by atoms with Gasteiger partial charge in [-0.25, -0.2) is 5.43 Å². The molecule has 21 heavy (non-hydrogen) atoms. The first kappa shape index (κ1) is 13.6. The molecule has 0 aliphatic heterocycles. The molecule has 0 saturated heterocycles. The number of hydrazine groups is 1. The molecule has 0 saturated carbocycles. The lowest BCUT2D eigenvalue weighted by Gasteiger charge is -2.20. The number of nitrogens with one attached hydrogen (secondary N) is 1. The minimum atomic E-state index is -0.196. The molecule has 2 aromatic carbocycles. The Labute approximate surface area is 123 Å². The molecule has 0 spiro atoms. The second-order valence-electron chi connectivity index (χ2n) is 4.89. The average Bonchev–Trinajstić information content (AvgIpc) is 2.90. The minimum absolute atomic E-state index is 0.196. The van der Waals surface area contributed by atoms with Crippen LogP contribution in [-0.4, -0.2) is 16.9 Å². The van der Waals surface area contributed by atoms with E-state index in [-0.39, 0.29) is 6.04 Å². The van der Waals surface area contributed by atoms with Gasteiger partial charge in [-0.2, -0.15) is 5.10 Å². The molecule has 1 atom stereocenters. The van der Waals surface area contributed by atoms with Crippen molar-refractivity contribution in [2.45, 2.75) is 6.04 Å². The number of hydrogen-bond acceptors (Lipinski definition) is 4. The Morgan fingerprint density at radius 2 is 1.95 bits per heavy atom. The first-order chi connectivity index (χ1) is 10.3. The molecule has 1 heterocycles. The van der Waals surface area contributed by atoms with E-state index in [1.54, 1.807) is 18.0 Å². The third kappa shape index (κ3) is 2.26. The summed E-state index contributed by atoms with van der Waals surface area (Å²) >= 11 is 0. The molecule has 5 nitrogen and oxygen atoms in total. The molecular weight excluding hydrogens is 264 g/mol. The highest BCUT2D eigenvalue weighted by molar-refractivity contribution is 5.86. The Morgan fingerprint density at radius 3 is 2.71 bits per heavy atom. The van der Waals surface area contributed by atoms with Crippen molar-refractivity contribution >= 4 is 10.8 Å². The second-order valence-corrected chi connectivity index (χ2v) is 4.89. The van der Waals surface area contributed by atoms with Gasteiger partial charge >= 0.3 is 0 Å². The Bertz CT molecular complexity index is 761. The lowest BCUT2D eigenvalue weighted by molar-refractivity contribution is 0.401. The van der Waals surface area contributed by atoms with Crippen LogP contribution in [0.4, 0.5) is 0 Å². The van der Waals surface area contributed by atoms with E-state index in [0.717, 1.165) is 16.6 Å². The SMILES string of the molecule is COc1cnn(C)c1C(NN)c1cccc2ccccc12. The molecule has 0 aliphatic carbocycles. The van der Waals surface area contributed by atoms with Crippen LogP contribution in [0.5, 0.6) is 5.75 Å². The summed E-state index contributed by atoms with van der Waals surface area (Å²) in [6.07, 6.45) is 1.70. The zero-order valence-corrected chi connectivity index (χ0v) is 12.1. The van der Waals surface area contributed by atoms with Crippen LogP contribution in [0.25, 0.3) is 10.8 Å². The van der Waals surface area contributed by atoms with Gasteiger partial charge in [0.2, 0.25) is 0 Å². The quantitative estimate of drug-likeness (QED) is 0.568. The third-order valence-corrected chi connectivity index (χ3v) is 3.74. The van der Waals surface area contributed by atoms with Crippen LogP contribution in [0, 0.1) is 0 Å². The fourth-order valence-electron chi connectivity index (χ4n) is 2.73. The summed E-state index contributed by atoms with van der Waals surface area (Å²) in [7, 11) is 3.52. The number of aromatic nitrogens is 2. The van der Waals surface area contributed by atoms with Gasteiger partial charge in [0.25, 0.3) is 0 Å². The summed E-state index contributed by atoms with van der Waals surface area (Å²) in [5.41, 5.74) is 4.88. The number of aryl methyl sites for hydroxylation is 1. The van der Waals surface area contributed by atoms with Gasteiger partial charge in [0.1, 0.15) is 5.69 Å². The molecule has 3 N–H and O–H groups in total. The highest BCUT2D eigenvalue weighted by atomic mass is 16.5. The van der Waals surface area contributed by atoms with Crippen LogP contribution in [0.3, 0.4) is 0 Å². The number of benzene rings is 2. The van der Waals surface area contributed by atoms with Crippen LogP contribution >= 0.6 is 0 Å². The lowest BCUT2D eigenvalue weighted by atomic mass is 9.97. The first-order valence-electron chi connectivity index (χ1n) is 6.76. The van der Waals surface area contributed by atoms with Gasteiger partial charge in [-0.1, -0.05) is 42.5 Å². The molecular formula is C16H18N4O. The Morgan fingerprint density at radius 1 is 1.19 bits per heavy atom. The first-order valence-corrected chi connectivity index (χ1v) is 6.76. The lowest BCUT2D eigenvalue weighted by Crippen LogP contribution is -2.30. The second kappa shape index (κ2) is 5.55. The maximum Gasteiger partial charge on any atom is 0.161 e. The molecule has 0 radical (unpaired) electrons. The summed E-state index contributed by atoms with van der Waals surface area (Å²) in [6, 6.07) is 14.2. The van der Waals surface area contributed by atoms with Crippen LogP contribution < -0.4 is 16.0 Å². The number of nitrogens with two attached hydrogens (primary N) is 1. The highest BCUT2D eigenvalue weighted by Gasteiger charge is 2.22. The normalized spacial score (nSPS) is 12.5. The maximum absolute atomic E-state index is 5.83. The minimum Gasteiger partial charge on any atom is -0.493 e. The van der Waals surface area contributed by atoms with E-state index in [0.29, 0.717) is 5.75 Å². The summed E-state index contributed by atoms with van der Waals surface area (Å²) in [4.78, 5) is 0. The fraction of sp³-hybridized carbons (Fsp3) is 0.188. The number of ether oxygens (including phenoxy) is 1. The van der Waals surface area contributed by atoms with Crippen molar-refractivity contribution in [3.8, 4) is 5.75 Å². The molecule has 0 fully saturated rings. The standard InChI is InChI=1S/C16H18N4O/c1-20-16(14(21-2)10-18-20)15(19-17)13-9-5-7-11-6-3-4-8-12(11)13/h3-10,15,19H,17H2,1-2H3. The molecule has 5 heteroatoms. The molecule has 0 amide bonds. The Hall–Kier alpha value is -2.37. The summed E-state index contributed by atoms with van der Waals surface area (Å²) in [6.45, 7) is 0. The molecule has 1 aromatic heterocycles. The van der Waals surface area contributed by atoms with E-state index in [1.807, 2.05) is 25.2 Å². The van der Waals surface area contributed by atoms with E-state index < -0.39 is 0 Å². The van der Waals surface area contributed by atoms with Crippen molar-refractivity contribution in [1.29, 1.82) is 0 Å². The van der Waals surface area contributed by atoms with Crippen molar-refractivity contribution in [2.75, 3.05) is 7.11 Å². The largest absolute Gasteiger partial charge is 0.493 e. The van der Waals surface area contributed by atoms with Gasteiger partial charge in [0, 0.05) is 7.05 Å². The molecule has 0 aliphatic rings. The smallest absolute Gasteiger partial charge is 0.161 e. The van der Waals surface area contributed by atoms with E-state index >= 15 is 0 Å². The van der Waals surface area contributed by atoms with E-state index in [1.165, 1.54) is 5.39 Å². The van der Waals surface area contributed by atoms with Crippen LogP contribution in [0.2, 0.25) is 0 Å². The van der Waals surface area contributed by atoms with Crippen LogP contribution in [0.15, 0.2) is 48.7 Å². The zero-order chi connectivity index (χ0) is 14.8. The highest BCUT2D eigenvalue weighted by Crippen LogP contribution is 2.32. The van der Waals surface area contributed by atoms with Gasteiger partial charge < -0.3 is 4.74 Å². The van der Waals surface area contributed by atoms with Crippen molar-refractivity contribution in [1.82, 2.24) is 15.2 Å². The van der Waals surface area contributed by atoms with Gasteiger partial charge in [0.15, 0.2) is 5.75 Å². The van der Waals surface area contributed by atoms with Gasteiger partial charge in [-0.15, -0.1) is 0 Å². The number of nitrogens with zero attached hydrogens (tertiary/aromatic N) is 2. The summed E-state index contributed by atoms with van der Waals surface area (Å²) in [5.74, 6) is 6.55. The predicted molar refractivity (Wildman–Crippen MR) is 82.9 cm³/mol. The van der Waals surface area contributed by atoms with E-state index in [4.69, 9.17) is 10.6 Å². The number of hydrogen-bond donors (Lipinski definition) is 2. The number of rotatable bonds is 4. The molecule has 1 unspecified atom stereocenters. The monoisotopic (exact) mass is 282 g/mol. The molecule has 3 rings (SSSR count). The average molecular weight is 282 g/mol. The fourth-order valence-corrected chi connectivity index (χ4v) is 2.73. The number of methoxy groups -OCH3 is 1. The Balaban J connectivity index is 2.21. The topological polar surface area (TPSA) is 65.1 Å². The van der Waals surface area contributed by atoms with Crippen LogP contribution in [0.1, 0.15) is 17.3 Å². The van der Waals surface area contributed by atoms with E-state index in [2.05, 4.69) is 34.8 Å². The van der Waals surface area contributed by atoms with Crippen molar-refractivity contribution in [3.63, 3.8) is 0 Å². The maximum atomic E-state index is 5.83. The molecule has 3 aromatic rings. The van der Waals surface area contributed by atoms with Crippen molar-refractivity contribution in [2.24, 2.45) is 12.9 Å². The Kier molecular flexibility index (Phi) is 3.60. The predicted octanol–water partition coefficient (Wildman–Crippen LogP) is 2.13. The van der Waals surface area contributed by atoms with Crippen molar-refractivity contribution in [3.05, 3.63) is 59.9 Å².